The topological polar surface area (TPSA) is 96.7 Å². The van der Waals surface area contributed by atoms with Crippen LogP contribution in [0.5, 0.6) is 5.75 Å². The van der Waals surface area contributed by atoms with Crippen LogP contribution in [0.4, 0.5) is 5.95 Å². The van der Waals surface area contributed by atoms with Crippen LogP contribution in [0.3, 0.4) is 0 Å². The highest BCUT2D eigenvalue weighted by Crippen LogP contribution is 2.38. The predicted molar refractivity (Wildman–Crippen MR) is 112 cm³/mol. The van der Waals surface area contributed by atoms with E-state index in [0.29, 0.717) is 11.4 Å². The first kappa shape index (κ1) is 17.2. The average Bonchev–Trinajstić information content (AvgIpc) is 3.25. The van der Waals surface area contributed by atoms with Crippen molar-refractivity contribution in [3.63, 3.8) is 0 Å². The van der Waals surface area contributed by atoms with E-state index in [4.69, 9.17) is 10.5 Å². The van der Waals surface area contributed by atoms with Gasteiger partial charge in [0.2, 0.25) is 5.95 Å². The summed E-state index contributed by atoms with van der Waals surface area (Å²) in [5.74, 6) is 0.901. The Labute approximate surface area is 166 Å². The van der Waals surface area contributed by atoms with Gasteiger partial charge in [-0.15, -0.1) is 10.2 Å². The van der Waals surface area contributed by atoms with Crippen LogP contribution in [-0.4, -0.2) is 36.4 Å². The van der Waals surface area contributed by atoms with Crippen LogP contribution in [0.2, 0.25) is 0 Å². The molecule has 4 aromatic heterocycles. The van der Waals surface area contributed by atoms with E-state index in [1.54, 1.807) is 13.3 Å². The summed E-state index contributed by atoms with van der Waals surface area (Å²) in [7, 11) is 5.61. The van der Waals surface area contributed by atoms with Gasteiger partial charge in [-0.3, -0.25) is 0 Å². The van der Waals surface area contributed by atoms with E-state index in [1.165, 1.54) is 0 Å². The first-order valence-electron chi connectivity index (χ1n) is 9.11. The van der Waals surface area contributed by atoms with Crippen molar-refractivity contribution < 1.29 is 4.74 Å². The van der Waals surface area contributed by atoms with Crippen LogP contribution in [0.15, 0.2) is 48.9 Å². The normalized spacial score (nSPS) is 11.4. The lowest BCUT2D eigenvalue weighted by molar-refractivity contribution is 0.415. The van der Waals surface area contributed by atoms with Gasteiger partial charge in [-0.2, -0.15) is 0 Å². The number of nitrogens with two attached hydrogens (primary N) is 1. The molecule has 8 nitrogen and oxygen atoms in total. The van der Waals surface area contributed by atoms with E-state index in [1.807, 2.05) is 61.4 Å². The molecule has 5 rings (SSSR count). The zero-order chi connectivity index (χ0) is 20.1. The van der Waals surface area contributed by atoms with Gasteiger partial charge in [0.1, 0.15) is 22.8 Å². The quantitative estimate of drug-likeness (QED) is 0.512. The van der Waals surface area contributed by atoms with Crippen molar-refractivity contribution in [3.8, 4) is 28.3 Å². The van der Waals surface area contributed by atoms with Gasteiger partial charge in [0.25, 0.3) is 0 Å². The molecular formula is C21H19N7O. The Hall–Kier alpha value is -3.94. The van der Waals surface area contributed by atoms with Crippen molar-refractivity contribution in [2.75, 3.05) is 12.8 Å². The Bertz CT molecular complexity index is 1380. The fourth-order valence-electron chi connectivity index (χ4n) is 3.80. The minimum Gasteiger partial charge on any atom is -0.497 e. The highest BCUT2D eigenvalue weighted by Gasteiger charge is 2.21. The number of rotatable bonds is 3. The summed E-state index contributed by atoms with van der Waals surface area (Å²) in [4.78, 5) is 9.05. The summed E-state index contributed by atoms with van der Waals surface area (Å²) < 4.78 is 9.45. The van der Waals surface area contributed by atoms with Crippen LogP contribution in [0, 0.1) is 0 Å². The van der Waals surface area contributed by atoms with E-state index in [-0.39, 0.29) is 5.95 Å². The van der Waals surface area contributed by atoms with Gasteiger partial charge < -0.3 is 19.6 Å². The van der Waals surface area contributed by atoms with Gasteiger partial charge in [0.15, 0.2) is 0 Å². The molecular weight excluding hydrogens is 366 g/mol. The number of nitrogens with zero attached hydrogens (tertiary/aromatic N) is 6. The number of methoxy groups -OCH3 is 1. The molecule has 2 N–H and O–H groups in total. The maximum absolute atomic E-state index is 5.93. The number of nitrogen functional groups attached to an aromatic ring is 1. The fraction of sp³-hybridized carbons (Fsp3) is 0.143. The van der Waals surface area contributed by atoms with Crippen molar-refractivity contribution in [1.82, 2.24) is 29.3 Å². The van der Waals surface area contributed by atoms with Crippen LogP contribution in [0.25, 0.3) is 44.5 Å². The lowest BCUT2D eigenvalue weighted by Crippen LogP contribution is -2.02. The predicted octanol–water partition coefficient (Wildman–Crippen LogP) is 3.17. The smallest absolute Gasteiger partial charge is 0.240 e. The Balaban J connectivity index is 1.84. The molecule has 0 saturated carbocycles. The molecule has 0 saturated heterocycles. The minimum absolute atomic E-state index is 0.127. The molecule has 0 aliphatic heterocycles. The molecule has 0 fully saturated rings. The summed E-state index contributed by atoms with van der Waals surface area (Å²) in [6.45, 7) is 0. The van der Waals surface area contributed by atoms with Crippen molar-refractivity contribution in [1.29, 1.82) is 0 Å². The highest BCUT2D eigenvalue weighted by molar-refractivity contribution is 6.02. The highest BCUT2D eigenvalue weighted by atomic mass is 16.5. The summed E-state index contributed by atoms with van der Waals surface area (Å²) in [6.07, 6.45) is 5.80. The lowest BCUT2D eigenvalue weighted by Gasteiger charge is -2.07. The van der Waals surface area contributed by atoms with Gasteiger partial charge in [0.05, 0.1) is 7.11 Å². The maximum Gasteiger partial charge on any atom is 0.240 e. The third-order valence-corrected chi connectivity index (χ3v) is 5.14. The average molecular weight is 385 g/mol. The Morgan fingerprint density at radius 3 is 2.55 bits per heavy atom. The molecule has 0 aliphatic carbocycles. The van der Waals surface area contributed by atoms with Gasteiger partial charge in [-0.25, -0.2) is 9.97 Å². The monoisotopic (exact) mass is 385 g/mol. The molecule has 0 unspecified atom stereocenters. The van der Waals surface area contributed by atoms with Crippen molar-refractivity contribution in [2.45, 2.75) is 0 Å². The number of anilines is 1. The summed E-state index contributed by atoms with van der Waals surface area (Å²) in [6, 6.07) is 9.89. The second-order valence-electron chi connectivity index (χ2n) is 6.93. The van der Waals surface area contributed by atoms with Gasteiger partial charge >= 0.3 is 0 Å². The first-order valence-corrected chi connectivity index (χ1v) is 9.11. The van der Waals surface area contributed by atoms with Gasteiger partial charge in [0, 0.05) is 60.1 Å². The first-order chi connectivity index (χ1) is 14.1. The van der Waals surface area contributed by atoms with Crippen molar-refractivity contribution in [3.05, 3.63) is 48.9 Å². The third-order valence-electron chi connectivity index (χ3n) is 5.14. The number of aromatic nitrogens is 6. The van der Waals surface area contributed by atoms with Crippen LogP contribution in [-0.2, 0) is 14.1 Å². The number of ether oxygens (including phenoxy) is 1. The molecule has 8 heteroatoms. The third kappa shape index (κ3) is 2.60. The van der Waals surface area contributed by atoms with Gasteiger partial charge in [-0.1, -0.05) is 0 Å². The number of fused-ring (bicyclic) bond motifs is 2. The molecule has 0 radical (unpaired) electrons. The maximum atomic E-state index is 5.93. The summed E-state index contributed by atoms with van der Waals surface area (Å²) in [5, 5.41) is 10.4. The molecule has 29 heavy (non-hydrogen) atoms. The number of pyridine rings is 1. The minimum atomic E-state index is 0.127. The second kappa shape index (κ2) is 6.30. The van der Waals surface area contributed by atoms with E-state index < -0.39 is 0 Å². The molecule has 1 aromatic carbocycles. The van der Waals surface area contributed by atoms with Crippen molar-refractivity contribution in [2.24, 2.45) is 14.1 Å². The largest absolute Gasteiger partial charge is 0.497 e. The SMILES string of the molecule is COc1ccc2c(c1)c(-c1nc(N)nnc1-c1cn(C)c3ncccc13)cn2C. The molecule has 0 spiro atoms. The molecule has 4 heterocycles. The zero-order valence-corrected chi connectivity index (χ0v) is 16.3. The molecule has 5 aromatic rings. The summed E-state index contributed by atoms with van der Waals surface area (Å²) >= 11 is 0. The summed E-state index contributed by atoms with van der Waals surface area (Å²) in [5.41, 5.74) is 11.0. The number of aryl methyl sites for hydroxylation is 2. The van der Waals surface area contributed by atoms with Crippen LogP contribution in [0.1, 0.15) is 0 Å². The van der Waals surface area contributed by atoms with E-state index in [9.17, 15) is 0 Å². The Morgan fingerprint density at radius 2 is 1.72 bits per heavy atom. The molecule has 0 aliphatic rings. The Morgan fingerprint density at radius 1 is 0.931 bits per heavy atom. The molecule has 0 atom stereocenters. The number of benzene rings is 1. The second-order valence-corrected chi connectivity index (χ2v) is 6.93. The zero-order valence-electron chi connectivity index (χ0n) is 16.3. The number of hydrogen-bond acceptors (Lipinski definition) is 6. The standard InChI is InChI=1S/C21H19N7O/c1-27-10-16(14-9-12(29-3)6-7-17(14)27)18-19(25-26-21(22)24-18)15-11-28(2)20-13(15)5-4-8-23-20/h4-11H,1-3H3,(H2,22,24,26). The van der Waals surface area contributed by atoms with E-state index in [2.05, 4.69) is 24.7 Å². The fourth-order valence-corrected chi connectivity index (χ4v) is 3.80. The van der Waals surface area contributed by atoms with E-state index in [0.717, 1.165) is 38.8 Å². The molecule has 144 valence electrons. The van der Waals surface area contributed by atoms with Crippen molar-refractivity contribution >= 4 is 27.9 Å². The lowest BCUT2D eigenvalue weighted by atomic mass is 10.0. The van der Waals surface area contributed by atoms with Crippen LogP contribution >= 0.6 is 0 Å². The Kier molecular flexibility index (Phi) is 3.73. The van der Waals surface area contributed by atoms with Gasteiger partial charge in [-0.05, 0) is 30.3 Å². The molecule has 0 bridgehead atoms. The van der Waals surface area contributed by atoms with Crippen LogP contribution < -0.4 is 10.5 Å². The number of hydrogen-bond donors (Lipinski definition) is 1. The van der Waals surface area contributed by atoms with E-state index >= 15 is 0 Å². The molecule has 0 amide bonds.